The van der Waals surface area contributed by atoms with E-state index in [1.807, 2.05) is 16.8 Å². The maximum Gasteiger partial charge on any atom is 0.252 e. The molecule has 23 heavy (non-hydrogen) atoms. The van der Waals surface area contributed by atoms with Crippen LogP contribution in [-0.4, -0.2) is 35.8 Å². The van der Waals surface area contributed by atoms with Crippen molar-refractivity contribution in [3.8, 4) is 0 Å². The Balaban J connectivity index is 1.32. The molecule has 124 valence electrons. The van der Waals surface area contributed by atoms with E-state index in [0.29, 0.717) is 24.6 Å². The van der Waals surface area contributed by atoms with Crippen LogP contribution in [0.2, 0.25) is 0 Å². The van der Waals surface area contributed by atoms with Crippen LogP contribution in [0.1, 0.15) is 48.9 Å². The van der Waals surface area contributed by atoms with E-state index in [4.69, 9.17) is 0 Å². The van der Waals surface area contributed by atoms with Gasteiger partial charge < -0.3 is 10.2 Å². The monoisotopic (exact) mass is 332 g/mol. The Hall–Kier alpha value is -1.36. The third-order valence-electron chi connectivity index (χ3n) is 5.83. The fourth-order valence-electron chi connectivity index (χ4n) is 5.01. The van der Waals surface area contributed by atoms with Crippen molar-refractivity contribution in [2.24, 2.45) is 17.8 Å². The van der Waals surface area contributed by atoms with Crippen LogP contribution in [0.3, 0.4) is 0 Å². The number of hydrogen-bond donors (Lipinski definition) is 1. The largest absolute Gasteiger partial charge is 0.351 e. The molecule has 2 amide bonds. The highest BCUT2D eigenvalue weighted by molar-refractivity contribution is 7.08. The molecule has 0 spiro atoms. The average Bonchev–Trinajstić information content (AvgIpc) is 2.98. The second kappa shape index (κ2) is 6.27. The molecule has 3 heterocycles. The standard InChI is InChI=1S/C18H24N2O2S/c21-17(1-3-19-18(22)15-2-4-23-11-15)20-10-14-6-12-5-13(7-14)9-16(20)8-12/h2,4,11-14,16H,1,3,5-10H2,(H,19,22). The van der Waals surface area contributed by atoms with Gasteiger partial charge in [0.05, 0.1) is 0 Å². The van der Waals surface area contributed by atoms with E-state index < -0.39 is 0 Å². The smallest absolute Gasteiger partial charge is 0.252 e. The van der Waals surface area contributed by atoms with Crippen LogP contribution < -0.4 is 5.32 Å². The summed E-state index contributed by atoms with van der Waals surface area (Å²) in [6.07, 6.45) is 6.89. The van der Waals surface area contributed by atoms with Gasteiger partial charge in [0.25, 0.3) is 5.91 Å². The van der Waals surface area contributed by atoms with E-state index >= 15 is 0 Å². The number of nitrogens with one attached hydrogen (secondary N) is 1. The Labute approximate surface area is 141 Å². The van der Waals surface area contributed by atoms with Crippen LogP contribution in [0.4, 0.5) is 0 Å². The van der Waals surface area contributed by atoms with Crippen LogP contribution in [0.5, 0.6) is 0 Å². The first-order valence-corrected chi connectivity index (χ1v) is 9.73. The van der Waals surface area contributed by atoms with Crippen molar-refractivity contribution in [3.63, 3.8) is 0 Å². The number of carbonyl (C=O) groups excluding carboxylic acids is 2. The zero-order valence-corrected chi connectivity index (χ0v) is 14.2. The van der Waals surface area contributed by atoms with Gasteiger partial charge in [0.15, 0.2) is 0 Å². The molecule has 1 aromatic rings. The lowest BCUT2D eigenvalue weighted by molar-refractivity contribution is -0.133. The first kappa shape index (κ1) is 15.2. The minimum absolute atomic E-state index is 0.0742. The van der Waals surface area contributed by atoms with Gasteiger partial charge in [0.2, 0.25) is 5.91 Å². The van der Waals surface area contributed by atoms with Gasteiger partial charge in [-0.1, -0.05) is 0 Å². The van der Waals surface area contributed by atoms with Crippen molar-refractivity contribution in [2.45, 2.75) is 44.6 Å². The minimum Gasteiger partial charge on any atom is -0.351 e. The van der Waals surface area contributed by atoms with E-state index in [0.717, 1.165) is 24.3 Å². The maximum absolute atomic E-state index is 12.7. The van der Waals surface area contributed by atoms with Crippen LogP contribution >= 0.6 is 11.3 Å². The van der Waals surface area contributed by atoms with Crippen molar-refractivity contribution in [1.82, 2.24) is 10.2 Å². The Morgan fingerprint density at radius 1 is 1.13 bits per heavy atom. The number of thiophene rings is 1. The molecule has 2 aliphatic carbocycles. The van der Waals surface area contributed by atoms with E-state index in [-0.39, 0.29) is 11.8 Å². The molecule has 4 nitrogen and oxygen atoms in total. The summed E-state index contributed by atoms with van der Waals surface area (Å²) in [5.74, 6) is 2.58. The molecule has 2 saturated carbocycles. The summed E-state index contributed by atoms with van der Waals surface area (Å²) >= 11 is 1.51. The van der Waals surface area contributed by atoms with E-state index in [9.17, 15) is 9.59 Å². The number of hydrogen-bond acceptors (Lipinski definition) is 3. The van der Waals surface area contributed by atoms with Gasteiger partial charge in [-0.15, -0.1) is 0 Å². The Morgan fingerprint density at radius 2 is 1.87 bits per heavy atom. The van der Waals surface area contributed by atoms with Crippen molar-refractivity contribution in [3.05, 3.63) is 22.4 Å². The quantitative estimate of drug-likeness (QED) is 0.922. The van der Waals surface area contributed by atoms with Crippen molar-refractivity contribution in [1.29, 1.82) is 0 Å². The molecule has 4 bridgehead atoms. The molecule has 4 aliphatic rings. The van der Waals surface area contributed by atoms with Gasteiger partial charge in [-0.05, 0) is 61.3 Å². The second-order valence-corrected chi connectivity index (χ2v) is 8.27. The summed E-state index contributed by atoms with van der Waals surface area (Å²) in [5.41, 5.74) is 0.688. The van der Waals surface area contributed by atoms with E-state index in [2.05, 4.69) is 10.2 Å². The molecule has 0 aromatic carbocycles. The molecule has 2 atom stereocenters. The van der Waals surface area contributed by atoms with Crippen molar-refractivity contribution in [2.75, 3.05) is 13.1 Å². The number of carbonyl (C=O) groups is 2. The highest BCUT2D eigenvalue weighted by Crippen LogP contribution is 2.47. The zero-order chi connectivity index (χ0) is 15.8. The molecule has 2 saturated heterocycles. The number of rotatable bonds is 4. The summed E-state index contributed by atoms with van der Waals surface area (Å²) in [7, 11) is 0. The van der Waals surface area contributed by atoms with Crippen LogP contribution in [0, 0.1) is 17.8 Å². The van der Waals surface area contributed by atoms with Crippen molar-refractivity contribution < 1.29 is 9.59 Å². The van der Waals surface area contributed by atoms with E-state index in [1.54, 1.807) is 0 Å². The highest BCUT2D eigenvalue weighted by atomic mass is 32.1. The number of amides is 2. The Morgan fingerprint density at radius 3 is 2.57 bits per heavy atom. The van der Waals surface area contributed by atoms with Crippen molar-refractivity contribution >= 4 is 23.2 Å². The number of nitrogens with zero attached hydrogens (tertiary/aromatic N) is 1. The van der Waals surface area contributed by atoms with Gasteiger partial charge >= 0.3 is 0 Å². The molecule has 5 rings (SSSR count). The molecule has 2 aliphatic heterocycles. The Kier molecular flexibility index (Phi) is 4.14. The van der Waals surface area contributed by atoms with Crippen LogP contribution in [-0.2, 0) is 4.79 Å². The summed E-state index contributed by atoms with van der Waals surface area (Å²) in [6.45, 7) is 1.39. The summed E-state index contributed by atoms with van der Waals surface area (Å²) in [5, 5.41) is 6.59. The van der Waals surface area contributed by atoms with Gasteiger partial charge in [-0.2, -0.15) is 11.3 Å². The van der Waals surface area contributed by atoms with Crippen LogP contribution in [0.15, 0.2) is 16.8 Å². The molecular weight excluding hydrogens is 308 g/mol. The van der Waals surface area contributed by atoms with Gasteiger partial charge in [0.1, 0.15) is 0 Å². The van der Waals surface area contributed by atoms with Crippen LogP contribution in [0.25, 0.3) is 0 Å². The topological polar surface area (TPSA) is 49.4 Å². The lowest BCUT2D eigenvalue weighted by Gasteiger charge is -2.39. The molecule has 1 N–H and O–H groups in total. The fourth-order valence-corrected chi connectivity index (χ4v) is 5.65. The summed E-state index contributed by atoms with van der Waals surface area (Å²) in [4.78, 5) is 26.7. The van der Waals surface area contributed by atoms with Gasteiger partial charge in [0, 0.05) is 36.5 Å². The second-order valence-electron chi connectivity index (χ2n) is 7.49. The first-order chi connectivity index (χ1) is 11.2. The average molecular weight is 332 g/mol. The molecule has 5 heteroatoms. The Bertz CT molecular complexity index is 572. The maximum atomic E-state index is 12.7. The zero-order valence-electron chi connectivity index (χ0n) is 13.4. The third kappa shape index (κ3) is 3.16. The minimum atomic E-state index is -0.0742. The molecule has 1 aromatic heterocycles. The predicted octanol–water partition coefficient (Wildman–Crippen LogP) is 2.91. The van der Waals surface area contributed by atoms with E-state index in [1.165, 1.54) is 43.4 Å². The van der Waals surface area contributed by atoms with Gasteiger partial charge in [-0.25, -0.2) is 0 Å². The fraction of sp³-hybridized carbons (Fsp3) is 0.667. The predicted molar refractivity (Wildman–Crippen MR) is 90.3 cm³/mol. The molecular formula is C18H24N2O2S. The molecule has 4 fully saturated rings. The highest BCUT2D eigenvalue weighted by Gasteiger charge is 2.43. The summed E-state index contributed by atoms with van der Waals surface area (Å²) < 4.78 is 0. The third-order valence-corrected chi connectivity index (χ3v) is 6.52. The lowest BCUT2D eigenvalue weighted by atomic mass is 9.68. The molecule has 0 radical (unpaired) electrons. The number of fused-ring (bicyclic) bond motifs is 1. The first-order valence-electron chi connectivity index (χ1n) is 8.79. The SMILES string of the molecule is O=C(NCCC(=O)N1CC2CC3CC(C2)CC1C3)c1ccsc1. The lowest BCUT2D eigenvalue weighted by Crippen LogP contribution is -2.43. The van der Waals surface area contributed by atoms with Gasteiger partial charge in [-0.3, -0.25) is 9.59 Å². The molecule has 2 unspecified atom stereocenters. The normalized spacial score (nSPS) is 31.9. The summed E-state index contributed by atoms with van der Waals surface area (Å²) in [6, 6.07) is 2.28.